The van der Waals surface area contributed by atoms with Crippen LogP contribution in [-0.4, -0.2) is 67.9 Å². The van der Waals surface area contributed by atoms with Gasteiger partial charge in [0.05, 0.1) is 0 Å². The molecule has 0 radical (unpaired) electrons. The fourth-order valence-electron chi connectivity index (χ4n) is 1.63. The monoisotopic (exact) mass is 358 g/mol. The van der Waals surface area contributed by atoms with Gasteiger partial charge in [-0.25, -0.2) is 0 Å². The van der Waals surface area contributed by atoms with Crippen LogP contribution >= 0.6 is 0 Å². The van der Waals surface area contributed by atoms with Crippen molar-refractivity contribution >= 4 is 20.2 Å². The van der Waals surface area contributed by atoms with Crippen molar-refractivity contribution in [2.75, 3.05) is 26.2 Å². The molecule has 0 aromatic rings. The maximum atomic E-state index is 11.0. The lowest BCUT2D eigenvalue weighted by Crippen LogP contribution is -2.50. The molecule has 13 heteroatoms. The van der Waals surface area contributed by atoms with Gasteiger partial charge in [-0.2, -0.15) is 30.0 Å². The van der Waals surface area contributed by atoms with Gasteiger partial charge in [0.25, 0.3) is 10.1 Å². The second kappa shape index (κ2) is 7.69. The molecule has 8 nitrogen and oxygen atoms in total. The van der Waals surface area contributed by atoms with Crippen molar-refractivity contribution in [3.8, 4) is 0 Å². The van der Waals surface area contributed by atoms with Gasteiger partial charge in [-0.05, 0) is 6.42 Å². The number of hydrogen-bond acceptors (Lipinski definition) is 6. The molecule has 1 fully saturated rings. The van der Waals surface area contributed by atoms with Gasteiger partial charge in [-0.1, -0.05) is 6.92 Å². The lowest BCUT2D eigenvalue weighted by molar-refractivity contribution is -0.0510. The average molecular weight is 358 g/mol. The summed E-state index contributed by atoms with van der Waals surface area (Å²) >= 11 is 0. The zero-order valence-electron chi connectivity index (χ0n) is 11.0. The molecular formula is C8H17F3N2O6S2. The van der Waals surface area contributed by atoms with Crippen LogP contribution in [0.15, 0.2) is 0 Å². The second-order valence-electron chi connectivity index (χ2n) is 4.08. The van der Waals surface area contributed by atoms with E-state index in [2.05, 4.69) is 5.32 Å². The van der Waals surface area contributed by atoms with Gasteiger partial charge >= 0.3 is 15.6 Å². The van der Waals surface area contributed by atoms with E-state index >= 15 is 0 Å². The first-order chi connectivity index (χ1) is 9.30. The minimum atomic E-state index is -5.84. The van der Waals surface area contributed by atoms with Crippen LogP contribution in [0.5, 0.6) is 0 Å². The highest BCUT2D eigenvalue weighted by atomic mass is 32.2. The number of nitrogens with one attached hydrogen (secondary N) is 1. The molecule has 21 heavy (non-hydrogen) atoms. The Labute approximate surface area is 120 Å². The Bertz CT molecular complexity index is 513. The molecule has 1 saturated heterocycles. The molecule has 0 aromatic carbocycles. The first-order valence-corrected chi connectivity index (χ1v) is 8.69. The van der Waals surface area contributed by atoms with Crippen LogP contribution in [0, 0.1) is 0 Å². The largest absolute Gasteiger partial charge is 0.522 e. The molecule has 0 bridgehead atoms. The topological polar surface area (TPSA) is 124 Å². The van der Waals surface area contributed by atoms with E-state index in [4.69, 9.17) is 17.5 Å². The fraction of sp³-hybridized carbons (Fsp3) is 1.00. The molecule has 0 aliphatic carbocycles. The first kappa shape index (κ1) is 20.5. The molecule has 1 aliphatic rings. The van der Waals surface area contributed by atoms with Crippen LogP contribution in [0.2, 0.25) is 0 Å². The Hall–Kier alpha value is -0.470. The summed E-state index contributed by atoms with van der Waals surface area (Å²) in [4.78, 5) is 1.80. The summed E-state index contributed by atoms with van der Waals surface area (Å²) in [7, 11) is -9.76. The van der Waals surface area contributed by atoms with E-state index in [1.54, 1.807) is 11.8 Å². The van der Waals surface area contributed by atoms with Crippen molar-refractivity contribution in [1.29, 1.82) is 0 Å². The average Bonchev–Trinajstić information content (AvgIpc) is 2.27. The van der Waals surface area contributed by atoms with E-state index in [0.29, 0.717) is 19.5 Å². The van der Waals surface area contributed by atoms with Gasteiger partial charge in [0.15, 0.2) is 0 Å². The molecule has 0 spiro atoms. The molecule has 128 valence electrons. The van der Waals surface area contributed by atoms with Crippen LogP contribution in [-0.2, 0) is 20.2 Å². The van der Waals surface area contributed by atoms with Gasteiger partial charge in [0, 0.05) is 26.2 Å². The molecule has 0 saturated carbocycles. The molecular weight excluding hydrogens is 341 g/mol. The van der Waals surface area contributed by atoms with Crippen LogP contribution in [0.1, 0.15) is 13.3 Å². The minimum Gasteiger partial charge on any atom is -0.314 e. The predicted molar refractivity (Wildman–Crippen MR) is 67.7 cm³/mol. The van der Waals surface area contributed by atoms with E-state index in [9.17, 15) is 21.6 Å². The van der Waals surface area contributed by atoms with E-state index < -0.39 is 31.1 Å². The highest BCUT2D eigenvalue weighted by Gasteiger charge is 2.44. The van der Waals surface area contributed by atoms with Crippen molar-refractivity contribution in [3.63, 3.8) is 0 Å². The summed E-state index contributed by atoms with van der Waals surface area (Å²) in [5.41, 5.74) is -5.53. The molecule has 1 unspecified atom stereocenters. The standard InChI is InChI=1S/C7H16N2O3S.CHF3O3S/c1-2-7(13(10,11)12)9-5-3-8-4-6-9;2-1(3,4)8(5,6)7/h7-8H,2-6H2,1H3,(H,10,11,12);(H,5,6,7). The van der Waals surface area contributed by atoms with Crippen LogP contribution in [0.25, 0.3) is 0 Å². The SMILES string of the molecule is CCC(N1CCNCC1)S(=O)(=O)O.O=S(=O)(O)C(F)(F)F. The normalized spacial score (nSPS) is 19.5. The number of hydrogen-bond donors (Lipinski definition) is 3. The zero-order valence-corrected chi connectivity index (χ0v) is 12.7. The second-order valence-corrected chi connectivity index (χ2v) is 7.07. The maximum absolute atomic E-state index is 11.0. The predicted octanol–water partition coefficient (Wildman–Crippen LogP) is -0.0905. The Kier molecular flexibility index (Phi) is 7.52. The molecule has 1 atom stereocenters. The maximum Gasteiger partial charge on any atom is 0.522 e. The quantitative estimate of drug-likeness (QED) is 0.472. The highest BCUT2D eigenvalue weighted by molar-refractivity contribution is 7.86. The van der Waals surface area contributed by atoms with Crippen LogP contribution < -0.4 is 5.32 Å². The van der Waals surface area contributed by atoms with Crippen molar-refractivity contribution in [2.24, 2.45) is 0 Å². The van der Waals surface area contributed by atoms with E-state index in [1.165, 1.54) is 0 Å². The van der Waals surface area contributed by atoms with Crippen molar-refractivity contribution < 1.29 is 39.1 Å². The van der Waals surface area contributed by atoms with Crippen LogP contribution in [0.3, 0.4) is 0 Å². The fourth-order valence-corrected chi connectivity index (χ4v) is 2.64. The Morgan fingerprint density at radius 2 is 1.52 bits per heavy atom. The summed E-state index contributed by atoms with van der Waals surface area (Å²) in [5, 5.41) is 2.40. The Morgan fingerprint density at radius 1 is 1.14 bits per heavy atom. The number of rotatable bonds is 3. The summed E-state index contributed by atoms with van der Waals surface area (Å²) in [6.07, 6.45) is 0.429. The van der Waals surface area contributed by atoms with Gasteiger partial charge in [0.1, 0.15) is 5.37 Å². The van der Waals surface area contributed by atoms with Gasteiger partial charge in [-0.3, -0.25) is 14.0 Å². The lowest BCUT2D eigenvalue weighted by Gasteiger charge is -2.32. The number of nitrogens with zero attached hydrogens (tertiary/aromatic N) is 1. The summed E-state index contributed by atoms with van der Waals surface area (Å²) in [6.45, 7) is 4.69. The Balaban J connectivity index is 0.000000433. The molecule has 1 rings (SSSR count). The van der Waals surface area contributed by atoms with E-state index in [1.807, 2.05) is 0 Å². The van der Waals surface area contributed by atoms with Crippen molar-refractivity contribution in [3.05, 3.63) is 0 Å². The first-order valence-electron chi connectivity index (χ1n) is 5.75. The minimum absolute atomic E-state index is 0.429. The smallest absolute Gasteiger partial charge is 0.314 e. The lowest BCUT2D eigenvalue weighted by atomic mass is 10.3. The molecule has 1 heterocycles. The van der Waals surface area contributed by atoms with Crippen molar-refractivity contribution in [1.82, 2.24) is 10.2 Å². The molecule has 1 aliphatic heterocycles. The number of alkyl halides is 3. The van der Waals surface area contributed by atoms with Gasteiger partial charge in [0.2, 0.25) is 0 Å². The molecule has 0 amide bonds. The van der Waals surface area contributed by atoms with Crippen LogP contribution in [0.4, 0.5) is 13.2 Å². The summed E-state index contributed by atoms with van der Waals surface area (Å²) < 4.78 is 88.4. The third-order valence-corrected chi connectivity index (χ3v) is 4.45. The molecule has 0 aromatic heterocycles. The van der Waals surface area contributed by atoms with Crippen molar-refractivity contribution in [2.45, 2.75) is 24.2 Å². The van der Waals surface area contributed by atoms with Gasteiger partial charge in [-0.15, -0.1) is 0 Å². The van der Waals surface area contributed by atoms with E-state index in [-0.39, 0.29) is 0 Å². The third-order valence-electron chi connectivity index (χ3n) is 2.54. The zero-order chi connectivity index (χ0) is 16.9. The third kappa shape index (κ3) is 7.37. The number of halogens is 3. The number of piperazine rings is 1. The highest BCUT2D eigenvalue weighted by Crippen LogP contribution is 2.20. The molecule has 3 N–H and O–H groups in total. The van der Waals surface area contributed by atoms with Gasteiger partial charge < -0.3 is 5.32 Å². The summed E-state index contributed by atoms with van der Waals surface area (Å²) in [5.74, 6) is 0. The Morgan fingerprint density at radius 3 is 1.76 bits per heavy atom. The summed E-state index contributed by atoms with van der Waals surface area (Å²) in [6, 6.07) is 0. The van der Waals surface area contributed by atoms with E-state index in [0.717, 1.165) is 13.1 Å².